The van der Waals surface area contributed by atoms with Crippen LogP contribution in [0.15, 0.2) is 40.6 Å². The van der Waals surface area contributed by atoms with Gasteiger partial charge in [-0.15, -0.1) is 0 Å². The van der Waals surface area contributed by atoms with Gasteiger partial charge in [0.05, 0.1) is 0 Å². The number of hydrogen-bond acceptors (Lipinski definition) is 2. The fraction of sp³-hybridized carbons (Fsp3) is 0.300. The highest BCUT2D eigenvalue weighted by atomic mass is 14.6. The molecule has 0 unspecified atom stereocenters. The average molecular weight is 162 g/mol. The topological polar surface area (TPSA) is 38.4 Å². The summed E-state index contributed by atoms with van der Waals surface area (Å²) in [7, 11) is 1.75. The van der Waals surface area contributed by atoms with E-state index in [2.05, 4.69) is 11.1 Å². The molecule has 0 aromatic heterocycles. The first-order valence-electron chi connectivity index (χ1n) is 4.08. The van der Waals surface area contributed by atoms with E-state index in [1.807, 2.05) is 18.2 Å². The number of rotatable bonds is 2. The van der Waals surface area contributed by atoms with E-state index in [9.17, 15) is 0 Å². The van der Waals surface area contributed by atoms with Gasteiger partial charge < -0.3 is 5.73 Å². The summed E-state index contributed by atoms with van der Waals surface area (Å²) in [5.74, 6) is 0. The lowest BCUT2D eigenvalue weighted by Gasteiger charge is -2.07. The molecule has 1 aliphatic carbocycles. The SMILES string of the molecule is CN=C/C=C/C1=C(N)C=CCC1. The van der Waals surface area contributed by atoms with E-state index in [4.69, 9.17) is 5.73 Å². The number of allylic oxidation sites excluding steroid dienone is 5. The maximum Gasteiger partial charge on any atom is 0.0343 e. The molecule has 0 aromatic carbocycles. The fourth-order valence-corrected chi connectivity index (χ4v) is 1.13. The highest BCUT2D eigenvalue weighted by Gasteiger charge is 2.00. The Labute approximate surface area is 73.2 Å². The number of aliphatic imine (C=N–C) groups is 1. The summed E-state index contributed by atoms with van der Waals surface area (Å²) in [4.78, 5) is 3.85. The van der Waals surface area contributed by atoms with Crippen LogP contribution in [0.3, 0.4) is 0 Å². The van der Waals surface area contributed by atoms with Crippen molar-refractivity contribution in [1.82, 2.24) is 0 Å². The van der Waals surface area contributed by atoms with Gasteiger partial charge in [0.2, 0.25) is 0 Å². The van der Waals surface area contributed by atoms with Gasteiger partial charge in [0.1, 0.15) is 0 Å². The van der Waals surface area contributed by atoms with Crippen LogP contribution in [0.5, 0.6) is 0 Å². The molecule has 0 bridgehead atoms. The molecule has 0 aliphatic heterocycles. The normalized spacial score (nSPS) is 18.4. The standard InChI is InChI=1S/C10H14N2/c1-12-8-4-6-9-5-2-3-7-10(9)11/h3-4,6-8H,2,5,11H2,1H3/b6-4+,12-8?. The van der Waals surface area contributed by atoms with Crippen molar-refractivity contribution in [3.63, 3.8) is 0 Å². The third-order valence-corrected chi connectivity index (χ3v) is 1.78. The van der Waals surface area contributed by atoms with E-state index >= 15 is 0 Å². The molecule has 1 rings (SSSR count). The van der Waals surface area contributed by atoms with Gasteiger partial charge in [-0.3, -0.25) is 4.99 Å². The minimum Gasteiger partial charge on any atom is -0.399 e. The zero-order chi connectivity index (χ0) is 8.81. The minimum atomic E-state index is 0.877. The molecule has 0 radical (unpaired) electrons. The fourth-order valence-electron chi connectivity index (χ4n) is 1.13. The predicted molar refractivity (Wildman–Crippen MR) is 53.1 cm³/mol. The summed E-state index contributed by atoms with van der Waals surface area (Å²) < 4.78 is 0. The van der Waals surface area contributed by atoms with Crippen molar-refractivity contribution in [3.05, 3.63) is 35.6 Å². The van der Waals surface area contributed by atoms with Crippen molar-refractivity contribution >= 4 is 6.21 Å². The molecule has 0 heterocycles. The zero-order valence-corrected chi connectivity index (χ0v) is 7.33. The van der Waals surface area contributed by atoms with Crippen molar-refractivity contribution in [1.29, 1.82) is 0 Å². The maximum atomic E-state index is 5.76. The molecule has 1 aliphatic rings. The molecule has 12 heavy (non-hydrogen) atoms. The van der Waals surface area contributed by atoms with Crippen LogP contribution < -0.4 is 5.73 Å². The van der Waals surface area contributed by atoms with Crippen LogP contribution in [0.4, 0.5) is 0 Å². The third kappa shape index (κ3) is 2.38. The number of nitrogens with two attached hydrogens (primary N) is 1. The van der Waals surface area contributed by atoms with Gasteiger partial charge in [-0.25, -0.2) is 0 Å². The number of hydrogen-bond donors (Lipinski definition) is 1. The first-order valence-corrected chi connectivity index (χ1v) is 4.08. The highest BCUT2D eigenvalue weighted by Crippen LogP contribution is 2.15. The van der Waals surface area contributed by atoms with Gasteiger partial charge in [-0.05, 0) is 30.6 Å². The van der Waals surface area contributed by atoms with Crippen LogP contribution in [0.1, 0.15) is 12.8 Å². The molecule has 2 nitrogen and oxygen atoms in total. The second-order valence-corrected chi connectivity index (χ2v) is 2.69. The Balaban J connectivity index is 2.67. The average Bonchev–Trinajstić information content (AvgIpc) is 2.09. The third-order valence-electron chi connectivity index (χ3n) is 1.78. The molecule has 64 valence electrons. The maximum absolute atomic E-state index is 5.76. The Hall–Kier alpha value is -1.31. The van der Waals surface area contributed by atoms with E-state index in [1.54, 1.807) is 13.3 Å². The Kier molecular flexibility index (Phi) is 3.33. The molecule has 0 atom stereocenters. The zero-order valence-electron chi connectivity index (χ0n) is 7.33. The van der Waals surface area contributed by atoms with Crippen molar-refractivity contribution in [2.24, 2.45) is 10.7 Å². The lowest BCUT2D eigenvalue weighted by atomic mass is 10.0. The molecule has 0 amide bonds. The van der Waals surface area contributed by atoms with Crippen molar-refractivity contribution in [3.8, 4) is 0 Å². The van der Waals surface area contributed by atoms with Crippen LogP contribution in [0.25, 0.3) is 0 Å². The summed E-state index contributed by atoms with van der Waals surface area (Å²) in [6, 6.07) is 0. The van der Waals surface area contributed by atoms with E-state index in [0.717, 1.165) is 18.5 Å². The molecular weight excluding hydrogens is 148 g/mol. The Morgan fingerprint density at radius 1 is 1.58 bits per heavy atom. The summed E-state index contributed by atoms with van der Waals surface area (Å²) in [6.07, 6.45) is 11.9. The first-order chi connectivity index (χ1) is 5.84. The van der Waals surface area contributed by atoms with Gasteiger partial charge >= 0.3 is 0 Å². The van der Waals surface area contributed by atoms with Crippen LogP contribution in [-0.2, 0) is 0 Å². The van der Waals surface area contributed by atoms with E-state index in [0.29, 0.717) is 0 Å². The van der Waals surface area contributed by atoms with Crippen LogP contribution >= 0.6 is 0 Å². The van der Waals surface area contributed by atoms with E-state index in [1.165, 1.54) is 5.57 Å². The van der Waals surface area contributed by atoms with Crippen molar-refractivity contribution in [2.75, 3.05) is 7.05 Å². The van der Waals surface area contributed by atoms with Crippen molar-refractivity contribution < 1.29 is 0 Å². The quantitative estimate of drug-likeness (QED) is 0.618. The van der Waals surface area contributed by atoms with Gasteiger partial charge in [-0.1, -0.05) is 12.2 Å². The summed E-state index contributed by atoms with van der Waals surface area (Å²) in [5, 5.41) is 0. The monoisotopic (exact) mass is 162 g/mol. The number of nitrogens with zero attached hydrogens (tertiary/aromatic N) is 1. The van der Waals surface area contributed by atoms with Crippen LogP contribution in [0, 0.1) is 0 Å². The predicted octanol–water partition coefficient (Wildman–Crippen LogP) is 1.81. The van der Waals surface area contributed by atoms with E-state index in [-0.39, 0.29) is 0 Å². The van der Waals surface area contributed by atoms with Crippen LogP contribution in [-0.4, -0.2) is 13.3 Å². The second kappa shape index (κ2) is 4.54. The van der Waals surface area contributed by atoms with Gasteiger partial charge in [0.15, 0.2) is 0 Å². The van der Waals surface area contributed by atoms with Crippen molar-refractivity contribution in [2.45, 2.75) is 12.8 Å². The summed E-state index contributed by atoms with van der Waals surface area (Å²) in [5.41, 5.74) is 7.84. The van der Waals surface area contributed by atoms with Crippen LogP contribution in [0.2, 0.25) is 0 Å². The minimum absolute atomic E-state index is 0.877. The van der Waals surface area contributed by atoms with E-state index < -0.39 is 0 Å². The smallest absolute Gasteiger partial charge is 0.0343 e. The molecule has 2 heteroatoms. The lowest BCUT2D eigenvalue weighted by Crippen LogP contribution is -2.01. The summed E-state index contributed by atoms with van der Waals surface area (Å²) >= 11 is 0. The molecule has 0 aromatic rings. The lowest BCUT2D eigenvalue weighted by molar-refractivity contribution is 0.963. The Morgan fingerprint density at radius 2 is 2.42 bits per heavy atom. The molecular formula is C10H14N2. The van der Waals surface area contributed by atoms with Gasteiger partial charge in [0, 0.05) is 19.0 Å². The first kappa shape index (κ1) is 8.78. The van der Waals surface area contributed by atoms with Gasteiger partial charge in [0.25, 0.3) is 0 Å². The molecule has 2 N–H and O–H groups in total. The second-order valence-electron chi connectivity index (χ2n) is 2.69. The molecule has 0 spiro atoms. The molecule has 0 fully saturated rings. The molecule has 0 saturated heterocycles. The van der Waals surface area contributed by atoms with Gasteiger partial charge in [-0.2, -0.15) is 0 Å². The Morgan fingerprint density at radius 3 is 3.08 bits per heavy atom. The summed E-state index contributed by atoms with van der Waals surface area (Å²) in [6.45, 7) is 0. The Bertz CT molecular complexity index is 257. The molecule has 0 saturated carbocycles. The highest BCUT2D eigenvalue weighted by molar-refractivity contribution is 5.71. The largest absolute Gasteiger partial charge is 0.399 e.